The maximum Gasteiger partial charge on any atom is 0.275 e. The summed E-state index contributed by atoms with van der Waals surface area (Å²) < 4.78 is 24.4. The predicted octanol–water partition coefficient (Wildman–Crippen LogP) is 10.9. The molecule has 0 saturated carbocycles. The number of hydrogen-bond acceptors (Lipinski definition) is 4. The molecule has 40 heavy (non-hydrogen) atoms. The molecule has 8 heteroatoms. The lowest BCUT2D eigenvalue weighted by Gasteiger charge is -2.16. The van der Waals surface area contributed by atoms with Crippen molar-refractivity contribution in [3.8, 4) is 34.1 Å². The molecule has 0 aliphatic carbocycles. The Hall–Kier alpha value is -3.52. The SMILES string of the molecule is Clc1ccc(OPOc2ccccc2-c2ccccc2OPOc2ccc(Cl)c3ccccc23)c2ccccc12. The van der Waals surface area contributed by atoms with Crippen molar-refractivity contribution in [3.05, 3.63) is 131 Å². The third-order valence-electron chi connectivity index (χ3n) is 6.33. The van der Waals surface area contributed by atoms with Crippen LogP contribution in [0.15, 0.2) is 121 Å². The van der Waals surface area contributed by atoms with E-state index in [-0.39, 0.29) is 18.1 Å². The number of fused-ring (bicyclic) bond motifs is 2. The van der Waals surface area contributed by atoms with Gasteiger partial charge < -0.3 is 18.1 Å². The number of hydrogen-bond donors (Lipinski definition) is 0. The molecule has 6 aromatic carbocycles. The van der Waals surface area contributed by atoms with Crippen LogP contribution in [0.2, 0.25) is 10.0 Å². The van der Waals surface area contributed by atoms with Gasteiger partial charge in [0.25, 0.3) is 18.1 Å². The first kappa shape index (κ1) is 26.7. The second-order valence-corrected chi connectivity index (χ2v) is 10.7. The van der Waals surface area contributed by atoms with E-state index in [4.69, 9.17) is 41.3 Å². The van der Waals surface area contributed by atoms with Gasteiger partial charge in [0.1, 0.15) is 23.0 Å². The van der Waals surface area contributed by atoms with Crippen LogP contribution in [0.1, 0.15) is 0 Å². The first-order valence-corrected chi connectivity index (χ1v) is 14.8. The van der Waals surface area contributed by atoms with E-state index in [1.165, 1.54) is 0 Å². The van der Waals surface area contributed by atoms with E-state index in [2.05, 4.69) is 0 Å². The molecule has 0 aliphatic rings. The molecule has 4 nitrogen and oxygen atoms in total. The summed E-state index contributed by atoms with van der Waals surface area (Å²) >= 11 is 12.7. The molecule has 0 saturated heterocycles. The van der Waals surface area contributed by atoms with Gasteiger partial charge in [-0.2, -0.15) is 0 Å². The number of halogens is 2. The minimum Gasteiger partial charge on any atom is -0.440 e. The van der Waals surface area contributed by atoms with Crippen LogP contribution in [-0.4, -0.2) is 0 Å². The zero-order valence-electron chi connectivity index (χ0n) is 20.9. The molecule has 0 spiro atoms. The molecule has 6 aromatic rings. The number of para-hydroxylation sites is 2. The van der Waals surface area contributed by atoms with E-state index < -0.39 is 0 Å². The van der Waals surface area contributed by atoms with Crippen molar-refractivity contribution in [2.24, 2.45) is 0 Å². The largest absolute Gasteiger partial charge is 0.440 e. The molecule has 0 heterocycles. The average Bonchev–Trinajstić information content (AvgIpc) is 3.00. The van der Waals surface area contributed by atoms with Crippen LogP contribution in [0.4, 0.5) is 0 Å². The summed E-state index contributed by atoms with van der Waals surface area (Å²) in [4.78, 5) is 0. The Kier molecular flexibility index (Phi) is 8.23. The van der Waals surface area contributed by atoms with Crippen molar-refractivity contribution in [2.75, 3.05) is 0 Å². The molecule has 0 radical (unpaired) electrons. The fourth-order valence-electron chi connectivity index (χ4n) is 4.42. The molecule has 6 rings (SSSR count). The van der Waals surface area contributed by atoms with Crippen molar-refractivity contribution in [2.45, 2.75) is 0 Å². The Balaban J connectivity index is 1.18. The Morgan fingerprint density at radius 3 is 1.15 bits per heavy atom. The Labute approximate surface area is 245 Å². The van der Waals surface area contributed by atoms with E-state index in [9.17, 15) is 0 Å². The second kappa shape index (κ2) is 12.3. The van der Waals surface area contributed by atoms with Crippen molar-refractivity contribution in [3.63, 3.8) is 0 Å². The lowest BCUT2D eigenvalue weighted by molar-refractivity contribution is 0.515. The van der Waals surface area contributed by atoms with E-state index in [0.717, 1.165) is 32.7 Å². The van der Waals surface area contributed by atoms with Gasteiger partial charge in [0.2, 0.25) is 0 Å². The molecule has 2 atom stereocenters. The van der Waals surface area contributed by atoms with Crippen LogP contribution in [-0.2, 0) is 0 Å². The van der Waals surface area contributed by atoms with E-state index in [1.807, 2.05) is 121 Å². The van der Waals surface area contributed by atoms with Gasteiger partial charge >= 0.3 is 0 Å². The van der Waals surface area contributed by atoms with Crippen LogP contribution >= 0.6 is 41.3 Å². The van der Waals surface area contributed by atoms with E-state index >= 15 is 0 Å². The Bertz CT molecular complexity index is 1680. The van der Waals surface area contributed by atoms with Crippen molar-refractivity contribution in [1.29, 1.82) is 0 Å². The standard InChI is InChI=1S/C32H22Cl2O4P2/c33-27-17-19-31(23-11-3-1-9-21(23)27)37-39-35-29-15-7-5-13-25(29)26-14-6-8-16-30(26)36-40-38-32-20-18-28(34)22-10-2-4-12-24(22)32/h1-20,39-40H. The molecule has 0 aliphatic heterocycles. The molecule has 0 bridgehead atoms. The maximum atomic E-state index is 6.36. The lowest BCUT2D eigenvalue weighted by atomic mass is 10.0. The van der Waals surface area contributed by atoms with Gasteiger partial charge in [-0.05, 0) is 36.4 Å². The summed E-state index contributed by atoms with van der Waals surface area (Å²) in [6, 6.07) is 38.8. The summed E-state index contributed by atoms with van der Waals surface area (Å²) in [5, 5.41) is 5.12. The van der Waals surface area contributed by atoms with Gasteiger partial charge in [-0.3, -0.25) is 0 Å². The molecule has 0 aromatic heterocycles. The van der Waals surface area contributed by atoms with Gasteiger partial charge in [0.05, 0.1) is 0 Å². The monoisotopic (exact) mass is 602 g/mol. The maximum absolute atomic E-state index is 6.36. The van der Waals surface area contributed by atoms with Crippen molar-refractivity contribution < 1.29 is 18.1 Å². The average molecular weight is 603 g/mol. The lowest BCUT2D eigenvalue weighted by Crippen LogP contribution is -1.92. The third-order valence-corrected chi connectivity index (χ3v) is 8.20. The Morgan fingerprint density at radius 2 is 0.700 bits per heavy atom. The predicted molar refractivity (Wildman–Crippen MR) is 169 cm³/mol. The third kappa shape index (κ3) is 5.68. The fraction of sp³-hybridized carbons (Fsp3) is 0. The molecule has 0 fully saturated rings. The summed E-state index contributed by atoms with van der Waals surface area (Å²) in [7, 11) is -0.522. The minimum absolute atomic E-state index is 0.261. The molecular formula is C32H22Cl2O4P2. The van der Waals surface area contributed by atoms with Gasteiger partial charge in [-0.1, -0.05) is 108 Å². The van der Waals surface area contributed by atoms with Crippen LogP contribution in [0.25, 0.3) is 32.7 Å². The molecule has 0 N–H and O–H groups in total. The van der Waals surface area contributed by atoms with Gasteiger partial charge in [0, 0.05) is 42.7 Å². The summed E-state index contributed by atoms with van der Waals surface area (Å²) in [5.41, 5.74) is 1.77. The zero-order valence-corrected chi connectivity index (χ0v) is 24.4. The highest BCUT2D eigenvalue weighted by molar-refractivity contribution is 7.27. The normalized spacial score (nSPS) is 11.6. The highest BCUT2D eigenvalue weighted by Crippen LogP contribution is 2.42. The zero-order chi connectivity index (χ0) is 27.3. The van der Waals surface area contributed by atoms with E-state index in [0.29, 0.717) is 33.0 Å². The van der Waals surface area contributed by atoms with Gasteiger partial charge in [-0.25, -0.2) is 0 Å². The van der Waals surface area contributed by atoms with Gasteiger partial charge in [-0.15, -0.1) is 0 Å². The van der Waals surface area contributed by atoms with Crippen molar-refractivity contribution >= 4 is 62.8 Å². The van der Waals surface area contributed by atoms with Crippen LogP contribution < -0.4 is 18.1 Å². The highest BCUT2D eigenvalue weighted by Gasteiger charge is 2.14. The summed E-state index contributed by atoms with van der Waals surface area (Å²) in [6.45, 7) is 0. The van der Waals surface area contributed by atoms with Crippen LogP contribution in [0, 0.1) is 0 Å². The number of benzene rings is 6. The second-order valence-electron chi connectivity index (χ2n) is 8.75. The smallest absolute Gasteiger partial charge is 0.275 e. The van der Waals surface area contributed by atoms with Crippen LogP contribution in [0.5, 0.6) is 23.0 Å². The fourth-order valence-corrected chi connectivity index (χ4v) is 6.03. The molecule has 0 amide bonds. The van der Waals surface area contributed by atoms with Gasteiger partial charge in [0.15, 0.2) is 0 Å². The molecule has 2 unspecified atom stereocenters. The summed E-state index contributed by atoms with van der Waals surface area (Å²) in [6.07, 6.45) is 0. The first-order chi connectivity index (χ1) is 19.7. The molecule has 198 valence electrons. The minimum atomic E-state index is -0.261. The highest BCUT2D eigenvalue weighted by atomic mass is 35.5. The molecular weight excluding hydrogens is 581 g/mol. The van der Waals surface area contributed by atoms with E-state index in [1.54, 1.807) is 0 Å². The first-order valence-electron chi connectivity index (χ1n) is 12.4. The summed E-state index contributed by atoms with van der Waals surface area (Å²) in [5.74, 6) is 2.80. The Morgan fingerprint density at radius 1 is 0.350 bits per heavy atom. The van der Waals surface area contributed by atoms with Crippen molar-refractivity contribution in [1.82, 2.24) is 0 Å². The quantitative estimate of drug-likeness (QED) is 0.154. The topological polar surface area (TPSA) is 36.9 Å². The number of rotatable bonds is 9. The van der Waals surface area contributed by atoms with Crippen LogP contribution in [0.3, 0.4) is 0 Å².